The zero-order valence-electron chi connectivity index (χ0n) is 12.0. The summed E-state index contributed by atoms with van der Waals surface area (Å²) in [5.74, 6) is -1.32. The Labute approximate surface area is 124 Å². The summed E-state index contributed by atoms with van der Waals surface area (Å²) < 4.78 is 22.2. The van der Waals surface area contributed by atoms with E-state index in [4.69, 9.17) is 10.2 Å². The summed E-state index contributed by atoms with van der Waals surface area (Å²) in [5.41, 5.74) is 0. The fraction of sp³-hybridized carbons (Fsp3) is 0.833. The topological polar surface area (TPSA) is 124 Å². The molecule has 1 fully saturated rings. The molecule has 3 N–H and O–H groups in total. The van der Waals surface area contributed by atoms with Gasteiger partial charge in [-0.1, -0.05) is 0 Å². The largest absolute Gasteiger partial charge is 0.480 e. The maximum atomic E-state index is 12.0. The quantitative estimate of drug-likeness (QED) is 0.569. The predicted molar refractivity (Wildman–Crippen MR) is 75.7 cm³/mol. The van der Waals surface area contributed by atoms with E-state index < -0.39 is 27.9 Å². The number of aliphatic hydroxyl groups is 1. The number of carbonyl (C=O) groups is 2. The number of rotatable bonds is 7. The van der Waals surface area contributed by atoms with Gasteiger partial charge in [0.05, 0.1) is 5.75 Å². The van der Waals surface area contributed by atoms with Crippen molar-refractivity contribution in [2.24, 2.45) is 5.92 Å². The van der Waals surface area contributed by atoms with Crippen LogP contribution >= 0.6 is 0 Å². The van der Waals surface area contributed by atoms with Crippen LogP contribution in [-0.4, -0.2) is 73.3 Å². The summed E-state index contributed by atoms with van der Waals surface area (Å²) >= 11 is 0. The molecule has 0 aromatic heterocycles. The third kappa shape index (κ3) is 6.30. The van der Waals surface area contributed by atoms with Gasteiger partial charge in [0.25, 0.3) is 0 Å². The van der Waals surface area contributed by atoms with Gasteiger partial charge < -0.3 is 20.4 Å². The van der Waals surface area contributed by atoms with Gasteiger partial charge in [-0.25, -0.2) is 18.0 Å². The molecule has 2 amide bonds. The highest BCUT2D eigenvalue weighted by atomic mass is 32.2. The van der Waals surface area contributed by atoms with Crippen LogP contribution in [-0.2, 0) is 14.6 Å². The fourth-order valence-corrected chi connectivity index (χ4v) is 2.93. The summed E-state index contributed by atoms with van der Waals surface area (Å²) in [7, 11) is -3.28. The van der Waals surface area contributed by atoms with Crippen molar-refractivity contribution in [2.75, 3.05) is 31.7 Å². The van der Waals surface area contributed by atoms with Gasteiger partial charge in [-0.15, -0.1) is 0 Å². The summed E-state index contributed by atoms with van der Waals surface area (Å²) in [5, 5.41) is 20.3. The van der Waals surface area contributed by atoms with E-state index in [2.05, 4.69) is 5.32 Å². The highest BCUT2D eigenvalue weighted by Gasteiger charge is 2.29. The molecular formula is C12H22N2O6S. The summed E-state index contributed by atoms with van der Waals surface area (Å²) in [6.07, 6.45) is 2.25. The van der Waals surface area contributed by atoms with Crippen molar-refractivity contribution < 1.29 is 28.2 Å². The van der Waals surface area contributed by atoms with Crippen molar-refractivity contribution in [3.8, 4) is 0 Å². The van der Waals surface area contributed by atoms with Crippen molar-refractivity contribution in [3.05, 3.63) is 0 Å². The fourth-order valence-electron chi connectivity index (χ4n) is 2.26. The first-order valence-electron chi connectivity index (χ1n) is 6.79. The number of hydrogen-bond donors (Lipinski definition) is 3. The highest BCUT2D eigenvalue weighted by molar-refractivity contribution is 7.90. The van der Waals surface area contributed by atoms with Crippen LogP contribution in [0.1, 0.15) is 19.3 Å². The maximum Gasteiger partial charge on any atom is 0.326 e. The SMILES string of the molecule is CS(=O)(=O)CCC(NC(=O)N1CCC(CCO)C1)C(=O)O. The summed E-state index contributed by atoms with van der Waals surface area (Å²) in [6.45, 7) is 1.05. The number of aliphatic carboxylic acids is 1. The van der Waals surface area contributed by atoms with E-state index in [1.807, 2.05) is 0 Å². The van der Waals surface area contributed by atoms with E-state index in [-0.39, 0.29) is 24.7 Å². The molecule has 0 spiro atoms. The third-order valence-corrected chi connectivity index (χ3v) is 4.46. The Morgan fingerprint density at radius 3 is 2.62 bits per heavy atom. The molecule has 1 heterocycles. The van der Waals surface area contributed by atoms with Crippen LogP contribution in [0.2, 0.25) is 0 Å². The van der Waals surface area contributed by atoms with Crippen molar-refractivity contribution in [3.63, 3.8) is 0 Å². The van der Waals surface area contributed by atoms with Crippen LogP contribution in [0.3, 0.4) is 0 Å². The average Bonchev–Trinajstić information content (AvgIpc) is 2.81. The Kier molecular flexibility index (Phi) is 6.41. The molecule has 9 heteroatoms. The number of carboxylic acid groups (broad SMARTS) is 1. The van der Waals surface area contributed by atoms with Crippen molar-refractivity contribution in [2.45, 2.75) is 25.3 Å². The molecule has 0 radical (unpaired) electrons. The second-order valence-corrected chi connectivity index (χ2v) is 7.63. The Morgan fingerprint density at radius 1 is 1.43 bits per heavy atom. The Morgan fingerprint density at radius 2 is 2.10 bits per heavy atom. The zero-order chi connectivity index (χ0) is 16.0. The number of likely N-dealkylation sites (tertiary alicyclic amines) is 1. The lowest BCUT2D eigenvalue weighted by Crippen LogP contribution is -2.47. The normalized spacial score (nSPS) is 20.3. The minimum absolute atomic E-state index is 0.0617. The molecule has 21 heavy (non-hydrogen) atoms. The lowest BCUT2D eigenvalue weighted by atomic mass is 10.1. The summed E-state index contributed by atoms with van der Waals surface area (Å²) in [4.78, 5) is 24.5. The van der Waals surface area contributed by atoms with Crippen molar-refractivity contribution >= 4 is 21.8 Å². The molecule has 1 aliphatic heterocycles. The van der Waals surface area contributed by atoms with Gasteiger partial charge >= 0.3 is 12.0 Å². The first-order chi connectivity index (χ1) is 9.73. The Hall–Kier alpha value is -1.35. The van der Waals surface area contributed by atoms with E-state index in [1.54, 1.807) is 0 Å². The minimum Gasteiger partial charge on any atom is -0.480 e. The van der Waals surface area contributed by atoms with Gasteiger partial charge in [0.15, 0.2) is 0 Å². The van der Waals surface area contributed by atoms with Gasteiger partial charge in [-0.2, -0.15) is 0 Å². The molecule has 0 bridgehead atoms. The predicted octanol–water partition coefficient (Wildman–Crippen LogP) is -0.712. The van der Waals surface area contributed by atoms with Crippen molar-refractivity contribution in [1.82, 2.24) is 10.2 Å². The molecule has 8 nitrogen and oxygen atoms in total. The standard InChI is InChI=1S/C12H22N2O6S/c1-21(19,20)7-4-10(11(16)17)13-12(18)14-5-2-9(8-14)3-6-15/h9-10,15H,2-8H2,1H3,(H,13,18)(H,16,17). The van der Waals surface area contributed by atoms with Gasteiger partial charge in [0.1, 0.15) is 15.9 Å². The molecule has 0 saturated carbocycles. The number of sulfone groups is 1. The molecule has 1 rings (SSSR count). The van der Waals surface area contributed by atoms with E-state index in [0.29, 0.717) is 19.5 Å². The van der Waals surface area contributed by atoms with Gasteiger partial charge in [-0.3, -0.25) is 0 Å². The number of carbonyl (C=O) groups excluding carboxylic acids is 1. The second-order valence-electron chi connectivity index (χ2n) is 5.37. The van der Waals surface area contributed by atoms with E-state index in [1.165, 1.54) is 4.90 Å². The van der Waals surface area contributed by atoms with Gasteiger partial charge in [0.2, 0.25) is 0 Å². The number of nitrogens with zero attached hydrogens (tertiary/aromatic N) is 1. The Bertz CT molecular complexity index is 478. The lowest BCUT2D eigenvalue weighted by molar-refractivity contribution is -0.139. The second kappa shape index (κ2) is 7.60. The first-order valence-corrected chi connectivity index (χ1v) is 8.86. The molecular weight excluding hydrogens is 300 g/mol. The third-order valence-electron chi connectivity index (χ3n) is 3.48. The molecule has 122 valence electrons. The molecule has 0 aromatic rings. The van der Waals surface area contributed by atoms with Crippen LogP contribution in [0.15, 0.2) is 0 Å². The van der Waals surface area contributed by atoms with Gasteiger partial charge in [0, 0.05) is 26.0 Å². The van der Waals surface area contributed by atoms with Gasteiger partial charge in [-0.05, 0) is 25.2 Å². The molecule has 1 saturated heterocycles. The van der Waals surface area contributed by atoms with Crippen LogP contribution in [0.4, 0.5) is 4.79 Å². The molecule has 2 atom stereocenters. The monoisotopic (exact) mass is 322 g/mol. The van der Waals surface area contributed by atoms with Crippen LogP contribution in [0, 0.1) is 5.92 Å². The molecule has 0 aromatic carbocycles. The van der Waals surface area contributed by atoms with Crippen LogP contribution in [0.25, 0.3) is 0 Å². The van der Waals surface area contributed by atoms with Crippen LogP contribution in [0.5, 0.6) is 0 Å². The maximum absolute atomic E-state index is 12.0. The molecule has 2 unspecified atom stereocenters. The number of nitrogens with one attached hydrogen (secondary N) is 1. The summed E-state index contributed by atoms with van der Waals surface area (Å²) in [6, 6.07) is -1.72. The number of urea groups is 1. The van der Waals surface area contributed by atoms with Crippen molar-refractivity contribution in [1.29, 1.82) is 0 Å². The number of hydrogen-bond acceptors (Lipinski definition) is 5. The highest BCUT2D eigenvalue weighted by Crippen LogP contribution is 2.19. The smallest absolute Gasteiger partial charge is 0.326 e. The number of amides is 2. The number of carboxylic acids is 1. The van der Waals surface area contributed by atoms with E-state index in [9.17, 15) is 18.0 Å². The molecule has 1 aliphatic rings. The molecule has 0 aliphatic carbocycles. The van der Waals surface area contributed by atoms with E-state index in [0.717, 1.165) is 12.7 Å². The lowest BCUT2D eigenvalue weighted by Gasteiger charge is -2.21. The first kappa shape index (κ1) is 17.7. The number of aliphatic hydroxyl groups excluding tert-OH is 1. The van der Waals surface area contributed by atoms with Crippen LogP contribution < -0.4 is 5.32 Å². The minimum atomic E-state index is -3.28. The average molecular weight is 322 g/mol. The Balaban J connectivity index is 2.51. The van der Waals surface area contributed by atoms with E-state index >= 15 is 0 Å². The zero-order valence-corrected chi connectivity index (χ0v) is 12.8.